The summed E-state index contributed by atoms with van der Waals surface area (Å²) in [7, 11) is 1.97. The molecule has 4 heteroatoms. The lowest BCUT2D eigenvalue weighted by Gasteiger charge is -2.13. The molecule has 1 unspecified atom stereocenters. The van der Waals surface area contributed by atoms with Gasteiger partial charge in [-0.3, -0.25) is 4.68 Å². The summed E-state index contributed by atoms with van der Waals surface area (Å²) < 4.78 is 1.92. The minimum atomic E-state index is 0.545. The number of rotatable bonds is 5. The van der Waals surface area contributed by atoms with Gasteiger partial charge in [0.25, 0.3) is 0 Å². The molecule has 16 heavy (non-hydrogen) atoms. The monoisotopic (exact) mass is 306 g/mol. The van der Waals surface area contributed by atoms with E-state index in [1.807, 2.05) is 11.7 Å². The molecule has 92 valence electrons. The molecule has 0 saturated carbocycles. The maximum Gasteiger partial charge on any atom is 0.0849 e. The number of alkyl halides is 1. The van der Waals surface area contributed by atoms with Crippen molar-refractivity contribution in [2.45, 2.75) is 44.9 Å². The van der Waals surface area contributed by atoms with Crippen molar-refractivity contribution in [1.29, 1.82) is 0 Å². The van der Waals surface area contributed by atoms with E-state index in [2.05, 4.69) is 41.8 Å². The molecule has 1 aromatic heterocycles. The third-order valence-electron chi connectivity index (χ3n) is 2.88. The molecule has 0 radical (unpaired) electrons. The van der Waals surface area contributed by atoms with Crippen molar-refractivity contribution in [3.05, 3.63) is 16.4 Å². The first kappa shape index (κ1) is 14.0. The molecule has 0 fully saturated rings. The second-order valence-electron chi connectivity index (χ2n) is 4.48. The first-order valence-electron chi connectivity index (χ1n) is 5.81. The van der Waals surface area contributed by atoms with Crippen molar-refractivity contribution in [2.24, 2.45) is 13.0 Å². The van der Waals surface area contributed by atoms with Crippen LogP contribution in [0, 0.1) is 5.92 Å². The Morgan fingerprint density at radius 3 is 2.50 bits per heavy atom. The Bertz CT molecular complexity index is 347. The van der Waals surface area contributed by atoms with Crippen LogP contribution in [0.4, 0.5) is 0 Å². The van der Waals surface area contributed by atoms with E-state index in [9.17, 15) is 0 Å². The van der Waals surface area contributed by atoms with E-state index in [0.29, 0.717) is 10.7 Å². The van der Waals surface area contributed by atoms with Crippen LogP contribution in [-0.2, 0) is 19.9 Å². The lowest BCUT2D eigenvalue weighted by Crippen LogP contribution is -2.10. The molecule has 0 spiro atoms. The standard InChI is InChI=1S/C12H20BrClN2/c1-5-10-12(14)11(16(4)15-10)7-6-9(13)8(2)3/h8-9H,5-7H2,1-4H3. The Kier molecular flexibility index (Phi) is 5.32. The zero-order valence-electron chi connectivity index (χ0n) is 10.4. The molecule has 0 amide bonds. The van der Waals surface area contributed by atoms with Crippen molar-refractivity contribution in [1.82, 2.24) is 9.78 Å². The van der Waals surface area contributed by atoms with Crippen LogP contribution in [0.2, 0.25) is 5.02 Å². The smallest absolute Gasteiger partial charge is 0.0849 e. The molecular formula is C12H20BrClN2. The topological polar surface area (TPSA) is 17.8 Å². The van der Waals surface area contributed by atoms with E-state index in [4.69, 9.17) is 11.6 Å². The molecule has 0 aliphatic carbocycles. The molecule has 0 aliphatic rings. The highest BCUT2D eigenvalue weighted by Crippen LogP contribution is 2.25. The molecule has 2 nitrogen and oxygen atoms in total. The zero-order valence-corrected chi connectivity index (χ0v) is 12.8. The van der Waals surface area contributed by atoms with Crippen LogP contribution in [0.25, 0.3) is 0 Å². The highest BCUT2D eigenvalue weighted by atomic mass is 79.9. The van der Waals surface area contributed by atoms with Gasteiger partial charge in [-0.05, 0) is 25.2 Å². The Hall–Kier alpha value is -0.0200. The second-order valence-corrected chi connectivity index (χ2v) is 6.04. The maximum atomic E-state index is 6.29. The highest BCUT2D eigenvalue weighted by Gasteiger charge is 2.15. The van der Waals surface area contributed by atoms with E-state index in [-0.39, 0.29) is 0 Å². The largest absolute Gasteiger partial charge is 0.271 e. The number of nitrogens with zero attached hydrogens (tertiary/aromatic N) is 2. The van der Waals surface area contributed by atoms with Gasteiger partial charge in [-0.2, -0.15) is 5.10 Å². The van der Waals surface area contributed by atoms with E-state index in [1.165, 1.54) is 0 Å². The molecule has 0 aromatic carbocycles. The molecule has 1 rings (SSSR count). The fraction of sp³-hybridized carbons (Fsp3) is 0.750. The molecule has 1 heterocycles. The minimum absolute atomic E-state index is 0.545. The van der Waals surface area contributed by atoms with Crippen molar-refractivity contribution >= 4 is 27.5 Å². The number of aromatic nitrogens is 2. The summed E-state index contributed by atoms with van der Waals surface area (Å²) in [6.07, 6.45) is 2.98. The van der Waals surface area contributed by atoms with Crippen LogP contribution < -0.4 is 0 Å². The predicted molar refractivity (Wildman–Crippen MR) is 73.5 cm³/mol. The Balaban J connectivity index is 2.70. The van der Waals surface area contributed by atoms with Crippen LogP contribution in [0.1, 0.15) is 38.6 Å². The van der Waals surface area contributed by atoms with Gasteiger partial charge in [0.05, 0.1) is 16.4 Å². The molecule has 1 aromatic rings. The average Bonchev–Trinajstić information content (AvgIpc) is 2.51. The summed E-state index contributed by atoms with van der Waals surface area (Å²) in [4.78, 5) is 0.545. The normalized spacial score (nSPS) is 13.4. The van der Waals surface area contributed by atoms with Gasteiger partial charge in [-0.1, -0.05) is 48.3 Å². The quantitative estimate of drug-likeness (QED) is 0.752. The first-order valence-corrected chi connectivity index (χ1v) is 7.11. The number of hydrogen-bond donors (Lipinski definition) is 0. The predicted octanol–water partition coefficient (Wildman–Crippen LogP) is 3.99. The third kappa shape index (κ3) is 3.24. The average molecular weight is 308 g/mol. The second kappa shape index (κ2) is 6.06. The first-order chi connectivity index (χ1) is 7.47. The van der Waals surface area contributed by atoms with Gasteiger partial charge >= 0.3 is 0 Å². The van der Waals surface area contributed by atoms with Crippen molar-refractivity contribution in [3.63, 3.8) is 0 Å². The zero-order chi connectivity index (χ0) is 12.3. The van der Waals surface area contributed by atoms with Crippen LogP contribution in [0.5, 0.6) is 0 Å². The van der Waals surface area contributed by atoms with Gasteiger partial charge in [0, 0.05) is 11.9 Å². The van der Waals surface area contributed by atoms with Crippen LogP contribution in [0.15, 0.2) is 0 Å². The van der Waals surface area contributed by atoms with E-state index in [0.717, 1.165) is 35.7 Å². The van der Waals surface area contributed by atoms with Crippen LogP contribution >= 0.6 is 27.5 Å². The number of aryl methyl sites for hydroxylation is 2. The Labute approximate surface area is 111 Å². The molecule has 1 atom stereocenters. The lowest BCUT2D eigenvalue weighted by molar-refractivity contribution is 0.568. The summed E-state index contributed by atoms with van der Waals surface area (Å²) in [5.74, 6) is 0.651. The maximum absolute atomic E-state index is 6.29. The summed E-state index contributed by atoms with van der Waals surface area (Å²) in [6, 6.07) is 0. The van der Waals surface area contributed by atoms with Crippen molar-refractivity contribution in [3.8, 4) is 0 Å². The minimum Gasteiger partial charge on any atom is -0.271 e. The van der Waals surface area contributed by atoms with Crippen LogP contribution in [0.3, 0.4) is 0 Å². The van der Waals surface area contributed by atoms with Crippen molar-refractivity contribution in [2.75, 3.05) is 0 Å². The SMILES string of the molecule is CCc1nn(C)c(CCC(Br)C(C)C)c1Cl. The Morgan fingerprint density at radius 2 is 2.06 bits per heavy atom. The van der Waals surface area contributed by atoms with Crippen LogP contribution in [-0.4, -0.2) is 14.6 Å². The van der Waals surface area contributed by atoms with Gasteiger partial charge in [0.2, 0.25) is 0 Å². The fourth-order valence-corrected chi connectivity index (χ4v) is 2.32. The van der Waals surface area contributed by atoms with Gasteiger partial charge in [-0.25, -0.2) is 0 Å². The van der Waals surface area contributed by atoms with Gasteiger partial charge in [0.1, 0.15) is 0 Å². The lowest BCUT2D eigenvalue weighted by atomic mass is 10.0. The molecular weight excluding hydrogens is 288 g/mol. The molecule has 0 N–H and O–H groups in total. The van der Waals surface area contributed by atoms with Crippen molar-refractivity contribution < 1.29 is 0 Å². The van der Waals surface area contributed by atoms with Gasteiger partial charge < -0.3 is 0 Å². The summed E-state index contributed by atoms with van der Waals surface area (Å²) in [5, 5.41) is 5.28. The molecule has 0 bridgehead atoms. The molecule has 0 saturated heterocycles. The van der Waals surface area contributed by atoms with E-state index < -0.39 is 0 Å². The summed E-state index contributed by atoms with van der Waals surface area (Å²) in [5.41, 5.74) is 2.17. The van der Waals surface area contributed by atoms with Gasteiger partial charge in [-0.15, -0.1) is 0 Å². The van der Waals surface area contributed by atoms with E-state index >= 15 is 0 Å². The van der Waals surface area contributed by atoms with Gasteiger partial charge in [0.15, 0.2) is 0 Å². The molecule has 0 aliphatic heterocycles. The third-order valence-corrected chi connectivity index (χ3v) is 4.83. The number of halogens is 2. The highest BCUT2D eigenvalue weighted by molar-refractivity contribution is 9.09. The Morgan fingerprint density at radius 1 is 1.44 bits per heavy atom. The summed E-state index contributed by atoms with van der Waals surface area (Å²) >= 11 is 9.99. The fourth-order valence-electron chi connectivity index (χ4n) is 1.70. The van der Waals surface area contributed by atoms with E-state index in [1.54, 1.807) is 0 Å². The summed E-state index contributed by atoms with van der Waals surface area (Å²) in [6.45, 7) is 6.53. The number of hydrogen-bond acceptors (Lipinski definition) is 1.